The molecule has 0 spiro atoms. The third-order valence-electron chi connectivity index (χ3n) is 6.46. The molecule has 0 aliphatic carbocycles. The van der Waals surface area contributed by atoms with Gasteiger partial charge >= 0.3 is 5.97 Å². The van der Waals surface area contributed by atoms with E-state index >= 15 is 0 Å². The molecule has 0 saturated carbocycles. The van der Waals surface area contributed by atoms with Gasteiger partial charge in [-0.3, -0.25) is 19.2 Å². The van der Waals surface area contributed by atoms with E-state index in [1.165, 1.54) is 0 Å². The molecule has 9 nitrogen and oxygen atoms in total. The van der Waals surface area contributed by atoms with Crippen molar-refractivity contribution in [3.05, 3.63) is 39.8 Å². The van der Waals surface area contributed by atoms with Crippen LogP contribution in [-0.2, 0) is 29.5 Å². The minimum absolute atomic E-state index is 0.0140. The zero-order chi connectivity index (χ0) is 24.9. The number of fused-ring (bicyclic) bond motifs is 1. The van der Waals surface area contributed by atoms with Crippen LogP contribution in [0.5, 0.6) is 5.75 Å². The molecule has 1 fully saturated rings. The highest BCUT2D eigenvalue weighted by molar-refractivity contribution is 5.80. The van der Waals surface area contributed by atoms with Gasteiger partial charge in [0.2, 0.25) is 0 Å². The molecule has 2 aromatic heterocycles. The Kier molecular flexibility index (Phi) is 7.85. The normalized spacial score (nSPS) is 15.0. The summed E-state index contributed by atoms with van der Waals surface area (Å²) in [7, 11) is 1.77. The van der Waals surface area contributed by atoms with E-state index in [1.807, 2.05) is 26.0 Å². The van der Waals surface area contributed by atoms with Crippen LogP contribution in [0, 0.1) is 5.92 Å². The maximum Gasteiger partial charge on any atom is 0.309 e. The molecular formula is C26H35N5O4. The summed E-state index contributed by atoms with van der Waals surface area (Å²) in [5.41, 5.74) is 3.60. The number of aromatic amines is 1. The van der Waals surface area contributed by atoms with Crippen molar-refractivity contribution < 1.29 is 14.3 Å². The number of ether oxygens (including phenoxy) is 2. The second-order valence-electron chi connectivity index (χ2n) is 9.00. The molecule has 35 heavy (non-hydrogen) atoms. The zero-order valence-corrected chi connectivity index (χ0v) is 21.1. The highest BCUT2D eigenvalue weighted by Crippen LogP contribution is 2.31. The van der Waals surface area contributed by atoms with Crippen molar-refractivity contribution >= 4 is 17.0 Å². The summed E-state index contributed by atoms with van der Waals surface area (Å²) >= 11 is 0. The highest BCUT2D eigenvalue weighted by atomic mass is 16.5. The standard InChI is InChI=1S/C26H35N5O4/c1-5-8-20-22-23(30(4)29-20)25(32)28-24(27-22)19-15-17(9-10-21(19)34-6-2)16-31-13-11-18(12-14-31)26(33)35-7-3/h9-10,15,18H,5-8,11-14,16H2,1-4H3,(H,27,28,32). The van der Waals surface area contributed by atoms with Crippen LogP contribution < -0.4 is 10.3 Å². The van der Waals surface area contributed by atoms with E-state index in [4.69, 9.17) is 14.5 Å². The van der Waals surface area contributed by atoms with Crippen LogP contribution in [0.15, 0.2) is 23.0 Å². The number of rotatable bonds is 9. The summed E-state index contributed by atoms with van der Waals surface area (Å²) in [6.45, 7) is 9.21. The van der Waals surface area contributed by atoms with Gasteiger partial charge in [0, 0.05) is 13.6 Å². The van der Waals surface area contributed by atoms with Crippen molar-refractivity contribution in [2.24, 2.45) is 13.0 Å². The topological polar surface area (TPSA) is 102 Å². The van der Waals surface area contributed by atoms with Crippen molar-refractivity contribution in [2.75, 3.05) is 26.3 Å². The van der Waals surface area contributed by atoms with Gasteiger partial charge in [-0.2, -0.15) is 5.10 Å². The number of nitrogens with zero attached hydrogens (tertiary/aromatic N) is 4. The van der Waals surface area contributed by atoms with E-state index in [9.17, 15) is 9.59 Å². The van der Waals surface area contributed by atoms with Gasteiger partial charge in [-0.05, 0) is 63.9 Å². The number of carbonyl (C=O) groups excluding carboxylic acids is 1. The van der Waals surface area contributed by atoms with Crippen molar-refractivity contribution in [2.45, 2.75) is 53.0 Å². The fourth-order valence-electron chi connectivity index (χ4n) is 4.77. The van der Waals surface area contributed by atoms with Crippen LogP contribution in [0.3, 0.4) is 0 Å². The lowest BCUT2D eigenvalue weighted by atomic mass is 9.96. The number of aryl methyl sites for hydroxylation is 2. The maximum absolute atomic E-state index is 13.0. The lowest BCUT2D eigenvalue weighted by molar-refractivity contribution is -0.149. The second kappa shape index (κ2) is 11.0. The Morgan fingerprint density at radius 3 is 2.63 bits per heavy atom. The van der Waals surface area contributed by atoms with Crippen LogP contribution in [0.25, 0.3) is 22.4 Å². The number of carbonyl (C=O) groups is 1. The van der Waals surface area contributed by atoms with Crippen molar-refractivity contribution in [1.82, 2.24) is 24.6 Å². The Bertz CT molecular complexity index is 1240. The molecule has 9 heteroatoms. The minimum atomic E-state index is -0.212. The Hall–Kier alpha value is -3.20. The smallest absolute Gasteiger partial charge is 0.309 e. The number of nitrogens with one attached hydrogen (secondary N) is 1. The molecule has 0 bridgehead atoms. The average Bonchev–Trinajstić information content (AvgIpc) is 3.16. The van der Waals surface area contributed by atoms with Gasteiger partial charge < -0.3 is 14.5 Å². The van der Waals surface area contributed by atoms with Crippen LogP contribution >= 0.6 is 0 Å². The van der Waals surface area contributed by atoms with Gasteiger partial charge in [0.15, 0.2) is 5.52 Å². The largest absolute Gasteiger partial charge is 0.493 e. The summed E-state index contributed by atoms with van der Waals surface area (Å²) in [5.74, 6) is 1.07. The SMILES string of the molecule is CCCc1nn(C)c2c(=O)[nH]c(-c3cc(CN4CCC(C(=O)OCC)CC4)ccc3OCC)nc12. The number of piperidine rings is 1. The quantitative estimate of drug-likeness (QED) is 0.467. The molecule has 3 aromatic rings. The summed E-state index contributed by atoms with van der Waals surface area (Å²) in [6.07, 6.45) is 3.28. The predicted molar refractivity (Wildman–Crippen MR) is 134 cm³/mol. The number of esters is 1. The molecule has 1 aromatic carbocycles. The molecule has 3 heterocycles. The lowest BCUT2D eigenvalue weighted by Crippen LogP contribution is -2.36. The van der Waals surface area contributed by atoms with Gasteiger partial charge in [0.05, 0.1) is 30.4 Å². The fraction of sp³-hybridized carbons (Fsp3) is 0.538. The average molecular weight is 482 g/mol. The third kappa shape index (κ3) is 5.40. The molecule has 0 atom stereocenters. The summed E-state index contributed by atoms with van der Waals surface area (Å²) in [5, 5.41) is 4.52. The molecule has 1 aliphatic rings. The van der Waals surface area contributed by atoms with Gasteiger partial charge in [-0.15, -0.1) is 0 Å². The number of aromatic nitrogens is 4. The number of benzene rings is 1. The van der Waals surface area contributed by atoms with E-state index in [-0.39, 0.29) is 17.4 Å². The van der Waals surface area contributed by atoms with E-state index in [1.54, 1.807) is 11.7 Å². The summed E-state index contributed by atoms with van der Waals surface area (Å²) < 4.78 is 12.7. The summed E-state index contributed by atoms with van der Waals surface area (Å²) in [4.78, 5) is 35.2. The first-order valence-corrected chi connectivity index (χ1v) is 12.6. The van der Waals surface area contributed by atoms with Gasteiger partial charge in [0.1, 0.15) is 17.1 Å². The van der Waals surface area contributed by atoms with E-state index in [0.717, 1.165) is 62.1 Å². The monoisotopic (exact) mass is 481 g/mol. The zero-order valence-electron chi connectivity index (χ0n) is 21.1. The molecule has 4 rings (SSSR count). The number of H-pyrrole nitrogens is 1. The Balaban J connectivity index is 1.62. The predicted octanol–water partition coefficient (Wildman–Crippen LogP) is 3.45. The molecule has 188 valence electrons. The van der Waals surface area contributed by atoms with Crippen LogP contribution in [0.4, 0.5) is 0 Å². The third-order valence-corrected chi connectivity index (χ3v) is 6.46. The maximum atomic E-state index is 13.0. The number of likely N-dealkylation sites (tertiary alicyclic amines) is 1. The van der Waals surface area contributed by atoms with E-state index in [0.29, 0.717) is 35.8 Å². The van der Waals surface area contributed by atoms with Crippen LogP contribution in [0.1, 0.15) is 51.3 Å². The lowest BCUT2D eigenvalue weighted by Gasteiger charge is -2.31. The van der Waals surface area contributed by atoms with E-state index < -0.39 is 0 Å². The molecule has 1 saturated heterocycles. The van der Waals surface area contributed by atoms with Gasteiger partial charge in [-0.1, -0.05) is 19.4 Å². The number of hydrogen-bond acceptors (Lipinski definition) is 7. The molecule has 0 radical (unpaired) electrons. The van der Waals surface area contributed by atoms with Crippen LogP contribution in [0.2, 0.25) is 0 Å². The second-order valence-corrected chi connectivity index (χ2v) is 9.00. The first kappa shape index (κ1) is 24.9. The molecule has 1 aliphatic heterocycles. The summed E-state index contributed by atoms with van der Waals surface area (Å²) in [6, 6.07) is 6.04. The fourth-order valence-corrected chi connectivity index (χ4v) is 4.77. The van der Waals surface area contributed by atoms with Crippen molar-refractivity contribution in [1.29, 1.82) is 0 Å². The Morgan fingerprint density at radius 2 is 1.94 bits per heavy atom. The molecule has 0 amide bonds. The molecular weight excluding hydrogens is 446 g/mol. The highest BCUT2D eigenvalue weighted by Gasteiger charge is 2.26. The van der Waals surface area contributed by atoms with Crippen molar-refractivity contribution in [3.8, 4) is 17.1 Å². The molecule has 1 N–H and O–H groups in total. The van der Waals surface area contributed by atoms with E-state index in [2.05, 4.69) is 28.0 Å². The minimum Gasteiger partial charge on any atom is -0.493 e. The van der Waals surface area contributed by atoms with Crippen molar-refractivity contribution in [3.63, 3.8) is 0 Å². The Morgan fingerprint density at radius 1 is 1.17 bits per heavy atom. The van der Waals surface area contributed by atoms with Gasteiger partial charge in [-0.25, -0.2) is 4.98 Å². The first-order chi connectivity index (χ1) is 16.9. The molecule has 0 unspecified atom stereocenters. The van der Waals surface area contributed by atoms with Crippen LogP contribution in [-0.4, -0.2) is 56.9 Å². The Labute approximate surface area is 205 Å². The first-order valence-electron chi connectivity index (χ1n) is 12.6. The van der Waals surface area contributed by atoms with Gasteiger partial charge in [0.25, 0.3) is 5.56 Å². The number of hydrogen-bond donors (Lipinski definition) is 1.